The van der Waals surface area contributed by atoms with Gasteiger partial charge in [-0.25, -0.2) is 0 Å². The molecule has 1 saturated heterocycles. The number of hydrogen-bond acceptors (Lipinski definition) is 7. The lowest BCUT2D eigenvalue weighted by Gasteiger charge is -2.25. The number of ether oxygens (including phenoxy) is 2. The molecule has 1 aromatic carbocycles. The van der Waals surface area contributed by atoms with Gasteiger partial charge in [0.15, 0.2) is 11.5 Å². The van der Waals surface area contributed by atoms with E-state index in [1.165, 1.54) is 4.90 Å². The molecule has 1 aromatic heterocycles. The smallest absolute Gasteiger partial charge is 0.295 e. The van der Waals surface area contributed by atoms with Gasteiger partial charge in [0, 0.05) is 18.7 Å². The van der Waals surface area contributed by atoms with Crippen molar-refractivity contribution in [3.8, 4) is 11.5 Å². The van der Waals surface area contributed by atoms with Crippen LogP contribution in [0.4, 0.5) is 0 Å². The summed E-state index contributed by atoms with van der Waals surface area (Å²) in [6, 6.07) is 7.63. The first kappa shape index (κ1) is 20.0. The molecule has 3 heterocycles. The lowest BCUT2D eigenvalue weighted by Crippen LogP contribution is -2.35. The number of aryl methyl sites for hydroxylation is 1. The normalized spacial score (nSPS) is 20.3. The summed E-state index contributed by atoms with van der Waals surface area (Å²) in [4.78, 5) is 29.1. The van der Waals surface area contributed by atoms with Crippen LogP contribution in [-0.4, -0.2) is 67.0 Å². The zero-order valence-electron chi connectivity index (χ0n) is 17.2. The molecule has 8 nitrogen and oxygen atoms in total. The summed E-state index contributed by atoms with van der Waals surface area (Å²) in [5.74, 6) is 0.485. The summed E-state index contributed by atoms with van der Waals surface area (Å²) in [7, 11) is 3.77. The molecular weight excluding hydrogens is 388 g/mol. The Bertz CT molecular complexity index is 1020. The number of nitrogens with zero attached hydrogens (tertiary/aromatic N) is 2. The number of rotatable bonds is 5. The number of ketones is 1. The van der Waals surface area contributed by atoms with E-state index in [2.05, 4.69) is 0 Å². The molecule has 0 aliphatic carbocycles. The van der Waals surface area contributed by atoms with Gasteiger partial charge < -0.3 is 28.8 Å². The van der Waals surface area contributed by atoms with Gasteiger partial charge in [-0.05, 0) is 51.4 Å². The van der Waals surface area contributed by atoms with Gasteiger partial charge in [-0.3, -0.25) is 9.59 Å². The van der Waals surface area contributed by atoms with E-state index in [9.17, 15) is 14.7 Å². The van der Waals surface area contributed by atoms with Crippen LogP contribution in [0.25, 0.3) is 5.76 Å². The Morgan fingerprint density at radius 1 is 1.13 bits per heavy atom. The van der Waals surface area contributed by atoms with Gasteiger partial charge in [0.2, 0.25) is 0 Å². The minimum atomic E-state index is -0.799. The summed E-state index contributed by atoms with van der Waals surface area (Å²) in [6.45, 7) is 3.52. The van der Waals surface area contributed by atoms with E-state index in [1.807, 2.05) is 19.0 Å². The fraction of sp³-hybridized carbons (Fsp3) is 0.364. The number of furan rings is 1. The van der Waals surface area contributed by atoms with Crippen molar-refractivity contribution >= 4 is 17.4 Å². The number of aliphatic hydroxyl groups is 1. The highest BCUT2D eigenvalue weighted by atomic mass is 16.6. The monoisotopic (exact) mass is 412 g/mol. The van der Waals surface area contributed by atoms with Gasteiger partial charge in [0.1, 0.15) is 36.5 Å². The maximum atomic E-state index is 12.9. The Morgan fingerprint density at radius 2 is 1.87 bits per heavy atom. The van der Waals surface area contributed by atoms with Gasteiger partial charge in [-0.2, -0.15) is 0 Å². The van der Waals surface area contributed by atoms with Crippen molar-refractivity contribution in [2.24, 2.45) is 0 Å². The van der Waals surface area contributed by atoms with Crippen LogP contribution >= 0.6 is 0 Å². The van der Waals surface area contributed by atoms with E-state index in [1.54, 1.807) is 37.3 Å². The van der Waals surface area contributed by atoms with Crippen LogP contribution < -0.4 is 9.47 Å². The second-order valence-corrected chi connectivity index (χ2v) is 7.60. The van der Waals surface area contributed by atoms with Gasteiger partial charge in [-0.1, -0.05) is 0 Å². The second kappa shape index (κ2) is 7.87. The summed E-state index contributed by atoms with van der Waals surface area (Å²) in [5.41, 5.74) is 0.378. The van der Waals surface area contributed by atoms with E-state index >= 15 is 0 Å². The van der Waals surface area contributed by atoms with Crippen molar-refractivity contribution in [1.29, 1.82) is 0 Å². The Labute approximate surface area is 174 Å². The van der Waals surface area contributed by atoms with Gasteiger partial charge >= 0.3 is 0 Å². The molecule has 158 valence electrons. The van der Waals surface area contributed by atoms with Crippen LogP contribution in [0.5, 0.6) is 11.5 Å². The maximum Gasteiger partial charge on any atom is 0.295 e. The minimum absolute atomic E-state index is 0.00443. The number of hydrogen-bond donors (Lipinski definition) is 1. The van der Waals surface area contributed by atoms with E-state index < -0.39 is 17.7 Å². The fourth-order valence-electron chi connectivity index (χ4n) is 3.66. The number of amides is 1. The Balaban J connectivity index is 1.80. The molecule has 4 rings (SSSR count). The highest BCUT2D eigenvalue weighted by Crippen LogP contribution is 2.41. The van der Waals surface area contributed by atoms with Crippen molar-refractivity contribution in [2.75, 3.05) is 40.4 Å². The van der Waals surface area contributed by atoms with Crippen LogP contribution in [0, 0.1) is 6.92 Å². The predicted octanol–water partition coefficient (Wildman–Crippen LogP) is 2.34. The number of likely N-dealkylation sites (N-methyl/N-ethyl adjacent to an activating group) is 1. The number of likely N-dealkylation sites (tertiary alicyclic amines) is 1. The Hall–Kier alpha value is -3.26. The van der Waals surface area contributed by atoms with Crippen LogP contribution in [0.15, 0.2) is 40.3 Å². The molecule has 0 saturated carbocycles. The molecule has 0 radical (unpaired) electrons. The predicted molar refractivity (Wildman–Crippen MR) is 108 cm³/mol. The molecule has 2 aliphatic rings. The highest BCUT2D eigenvalue weighted by Gasteiger charge is 2.47. The molecule has 1 amide bonds. The molecule has 1 fully saturated rings. The molecule has 1 atom stereocenters. The first-order chi connectivity index (χ1) is 14.4. The van der Waals surface area contributed by atoms with Gasteiger partial charge in [0.25, 0.3) is 11.7 Å². The van der Waals surface area contributed by atoms with E-state index in [4.69, 9.17) is 13.9 Å². The summed E-state index contributed by atoms with van der Waals surface area (Å²) < 4.78 is 16.9. The highest BCUT2D eigenvalue weighted by molar-refractivity contribution is 6.46. The number of benzene rings is 1. The van der Waals surface area contributed by atoms with Gasteiger partial charge in [0.05, 0.1) is 5.57 Å². The quantitative estimate of drug-likeness (QED) is 0.458. The number of Topliss-reactive ketones (excluding diaryl/α,β-unsaturated/α-hetero) is 1. The molecule has 0 spiro atoms. The molecule has 30 heavy (non-hydrogen) atoms. The average molecular weight is 412 g/mol. The van der Waals surface area contributed by atoms with E-state index in [-0.39, 0.29) is 11.3 Å². The summed E-state index contributed by atoms with van der Waals surface area (Å²) >= 11 is 0. The number of carbonyl (C=O) groups excluding carboxylic acids is 2. The van der Waals surface area contributed by atoms with Crippen LogP contribution in [0.3, 0.4) is 0 Å². The largest absolute Gasteiger partial charge is 0.507 e. The zero-order chi connectivity index (χ0) is 21.4. The Kier molecular flexibility index (Phi) is 5.26. The topological polar surface area (TPSA) is 92.4 Å². The van der Waals surface area contributed by atoms with E-state index in [0.717, 1.165) is 0 Å². The minimum Gasteiger partial charge on any atom is -0.507 e. The third-order valence-corrected chi connectivity index (χ3v) is 5.17. The molecule has 0 bridgehead atoms. The maximum absolute atomic E-state index is 12.9. The SMILES string of the molecule is Cc1ccc([C@@H]2C(=C(O)c3ccc4c(c3)OCCO4)C(=O)C(=O)N2CCN(C)C)o1. The lowest BCUT2D eigenvalue weighted by molar-refractivity contribution is -0.140. The van der Waals surface area contributed by atoms with Gasteiger partial charge in [-0.15, -0.1) is 0 Å². The Morgan fingerprint density at radius 3 is 2.53 bits per heavy atom. The third-order valence-electron chi connectivity index (χ3n) is 5.17. The number of carbonyl (C=O) groups is 2. The molecule has 8 heteroatoms. The molecule has 0 unspecified atom stereocenters. The van der Waals surface area contributed by atoms with Crippen molar-refractivity contribution in [3.05, 3.63) is 53.0 Å². The first-order valence-corrected chi connectivity index (χ1v) is 9.76. The third kappa shape index (κ3) is 3.54. The standard InChI is InChI=1S/C22H24N2O6/c1-13-4-6-16(30-13)19-18(21(26)22(27)24(19)9-8-23(2)3)20(25)14-5-7-15-17(12-14)29-11-10-28-15/h4-7,12,19,25H,8-11H2,1-3H3/t19-/m1/s1. The molecule has 2 aliphatic heterocycles. The molecule has 2 aromatic rings. The fourth-order valence-corrected chi connectivity index (χ4v) is 3.66. The van der Waals surface area contributed by atoms with Crippen LogP contribution in [-0.2, 0) is 9.59 Å². The number of fused-ring (bicyclic) bond motifs is 1. The summed E-state index contributed by atoms with van der Waals surface area (Å²) in [6.07, 6.45) is 0. The van der Waals surface area contributed by atoms with Crippen LogP contribution in [0.2, 0.25) is 0 Å². The van der Waals surface area contributed by atoms with Crippen molar-refractivity contribution < 1.29 is 28.6 Å². The first-order valence-electron chi connectivity index (χ1n) is 9.76. The van der Waals surface area contributed by atoms with Crippen LogP contribution in [0.1, 0.15) is 23.1 Å². The number of aliphatic hydroxyl groups excluding tert-OH is 1. The lowest BCUT2D eigenvalue weighted by atomic mass is 9.99. The zero-order valence-corrected chi connectivity index (χ0v) is 17.2. The second-order valence-electron chi connectivity index (χ2n) is 7.60. The summed E-state index contributed by atoms with van der Waals surface area (Å²) in [5, 5.41) is 11.1. The van der Waals surface area contributed by atoms with E-state index in [0.29, 0.717) is 54.9 Å². The van der Waals surface area contributed by atoms with Crippen molar-refractivity contribution in [1.82, 2.24) is 9.80 Å². The average Bonchev–Trinajstić information content (AvgIpc) is 3.26. The molecule has 1 N–H and O–H groups in total. The van der Waals surface area contributed by atoms with Crippen molar-refractivity contribution in [2.45, 2.75) is 13.0 Å². The van der Waals surface area contributed by atoms with Crippen molar-refractivity contribution in [3.63, 3.8) is 0 Å². The molecular formula is C22H24N2O6.